The van der Waals surface area contributed by atoms with Crippen LogP contribution in [0.15, 0.2) is 72.1 Å². The Bertz CT molecular complexity index is 1050. The summed E-state index contributed by atoms with van der Waals surface area (Å²) in [6.07, 6.45) is 2.20. The van der Waals surface area contributed by atoms with E-state index in [1.54, 1.807) is 43.5 Å². The zero-order valence-corrected chi connectivity index (χ0v) is 15.5. The van der Waals surface area contributed by atoms with E-state index in [0.717, 1.165) is 21.9 Å². The molecular weight excluding hydrogens is 348 g/mol. The van der Waals surface area contributed by atoms with Gasteiger partial charge in [0.1, 0.15) is 16.4 Å². The molecule has 0 radical (unpaired) electrons. The lowest BCUT2D eigenvalue weighted by molar-refractivity contribution is 0.415. The molecule has 3 rings (SSSR count). The second kappa shape index (κ2) is 7.22. The number of allylic oxidation sites excluding steroid dienone is 1. The minimum absolute atomic E-state index is 0.124. The van der Waals surface area contributed by atoms with Crippen LogP contribution in [0.5, 0.6) is 11.5 Å². The predicted octanol–water partition coefficient (Wildman–Crippen LogP) is 4.65. The molecule has 0 aliphatic carbocycles. The van der Waals surface area contributed by atoms with Gasteiger partial charge in [-0.1, -0.05) is 35.9 Å². The quantitative estimate of drug-likeness (QED) is 0.469. The summed E-state index contributed by atoms with van der Waals surface area (Å²) < 4.78 is 36.1. The van der Waals surface area contributed by atoms with Crippen LogP contribution in [0.1, 0.15) is 11.1 Å². The Balaban J connectivity index is 2.10. The Hall–Kier alpha value is -2.79. The number of hydrogen-bond donors (Lipinski definition) is 0. The van der Waals surface area contributed by atoms with Crippen LogP contribution < -0.4 is 8.92 Å². The van der Waals surface area contributed by atoms with Gasteiger partial charge in [0.25, 0.3) is 0 Å². The molecule has 0 fully saturated rings. The van der Waals surface area contributed by atoms with Gasteiger partial charge in [-0.2, -0.15) is 8.42 Å². The lowest BCUT2D eigenvalue weighted by Gasteiger charge is -2.14. The number of aryl methyl sites for hydroxylation is 1. The van der Waals surface area contributed by atoms with E-state index in [1.807, 2.05) is 31.2 Å². The van der Waals surface area contributed by atoms with Gasteiger partial charge in [-0.05, 0) is 54.4 Å². The van der Waals surface area contributed by atoms with Crippen LogP contribution >= 0.6 is 0 Å². The Morgan fingerprint density at radius 3 is 2.38 bits per heavy atom. The molecular formula is C21H20O4S. The van der Waals surface area contributed by atoms with Crippen molar-refractivity contribution >= 4 is 20.9 Å². The maximum Gasteiger partial charge on any atom is 0.339 e. The Morgan fingerprint density at radius 1 is 1.04 bits per heavy atom. The molecule has 4 nitrogen and oxygen atoms in total. The summed E-state index contributed by atoms with van der Waals surface area (Å²) in [5.74, 6) is 0.993. The number of rotatable bonds is 6. The van der Waals surface area contributed by atoms with E-state index in [9.17, 15) is 8.42 Å². The van der Waals surface area contributed by atoms with E-state index < -0.39 is 10.1 Å². The average molecular weight is 368 g/mol. The number of fused-ring (bicyclic) bond motifs is 1. The maximum absolute atomic E-state index is 12.7. The fourth-order valence-electron chi connectivity index (χ4n) is 2.77. The van der Waals surface area contributed by atoms with Crippen LogP contribution in [0.4, 0.5) is 0 Å². The summed E-state index contributed by atoms with van der Waals surface area (Å²) in [6.45, 7) is 5.67. The Morgan fingerprint density at radius 2 is 1.73 bits per heavy atom. The number of methoxy groups -OCH3 is 1. The lowest BCUT2D eigenvalue weighted by atomic mass is 10.0. The molecule has 0 spiro atoms. The highest BCUT2D eigenvalue weighted by atomic mass is 32.2. The van der Waals surface area contributed by atoms with Gasteiger partial charge in [-0.15, -0.1) is 6.58 Å². The van der Waals surface area contributed by atoms with E-state index in [-0.39, 0.29) is 4.90 Å². The maximum atomic E-state index is 12.7. The Labute approximate surface area is 153 Å². The highest BCUT2D eigenvalue weighted by Gasteiger charge is 2.19. The topological polar surface area (TPSA) is 52.6 Å². The molecule has 3 aromatic rings. The van der Waals surface area contributed by atoms with Crippen molar-refractivity contribution in [2.24, 2.45) is 0 Å². The van der Waals surface area contributed by atoms with Gasteiger partial charge >= 0.3 is 10.1 Å². The van der Waals surface area contributed by atoms with Crippen molar-refractivity contribution in [3.63, 3.8) is 0 Å². The van der Waals surface area contributed by atoms with Crippen LogP contribution in [-0.2, 0) is 16.5 Å². The van der Waals surface area contributed by atoms with E-state index in [1.165, 1.54) is 0 Å². The third-order valence-electron chi connectivity index (χ3n) is 4.15. The molecule has 0 atom stereocenters. The third-order valence-corrected chi connectivity index (χ3v) is 5.40. The van der Waals surface area contributed by atoms with Gasteiger partial charge < -0.3 is 8.92 Å². The summed E-state index contributed by atoms with van der Waals surface area (Å²) in [6, 6.07) is 15.8. The summed E-state index contributed by atoms with van der Waals surface area (Å²) in [4.78, 5) is 0.124. The summed E-state index contributed by atoms with van der Waals surface area (Å²) in [5.41, 5.74) is 1.74. The third kappa shape index (κ3) is 3.58. The van der Waals surface area contributed by atoms with Crippen LogP contribution in [0.25, 0.3) is 10.8 Å². The molecule has 0 bridgehead atoms. The largest absolute Gasteiger partial charge is 0.497 e. The predicted molar refractivity (Wildman–Crippen MR) is 103 cm³/mol. The van der Waals surface area contributed by atoms with Crippen LogP contribution in [-0.4, -0.2) is 15.5 Å². The average Bonchev–Trinajstić information content (AvgIpc) is 2.63. The van der Waals surface area contributed by atoms with Crippen LogP contribution in [0.2, 0.25) is 0 Å². The van der Waals surface area contributed by atoms with Crippen molar-refractivity contribution in [2.75, 3.05) is 7.11 Å². The lowest BCUT2D eigenvalue weighted by Crippen LogP contribution is -2.11. The van der Waals surface area contributed by atoms with E-state index >= 15 is 0 Å². The van der Waals surface area contributed by atoms with Gasteiger partial charge in [0, 0.05) is 5.56 Å². The number of hydrogen-bond acceptors (Lipinski definition) is 4. The first kappa shape index (κ1) is 18.0. The van der Waals surface area contributed by atoms with Crippen molar-refractivity contribution < 1.29 is 17.3 Å². The fourth-order valence-corrected chi connectivity index (χ4v) is 3.73. The molecule has 0 saturated carbocycles. The Kier molecular flexibility index (Phi) is 5.00. The van der Waals surface area contributed by atoms with E-state index in [2.05, 4.69) is 6.58 Å². The molecule has 3 aromatic carbocycles. The van der Waals surface area contributed by atoms with Crippen molar-refractivity contribution in [2.45, 2.75) is 18.2 Å². The smallest absolute Gasteiger partial charge is 0.339 e. The molecule has 26 heavy (non-hydrogen) atoms. The van der Waals surface area contributed by atoms with Crippen LogP contribution in [0.3, 0.4) is 0 Å². The monoisotopic (exact) mass is 368 g/mol. The molecule has 0 saturated heterocycles. The van der Waals surface area contributed by atoms with E-state index in [0.29, 0.717) is 17.9 Å². The molecule has 0 aromatic heterocycles. The minimum atomic E-state index is -3.92. The summed E-state index contributed by atoms with van der Waals surface area (Å²) >= 11 is 0. The fraction of sp³-hybridized carbons (Fsp3) is 0.143. The first-order valence-corrected chi connectivity index (χ1v) is 9.57. The molecule has 0 N–H and O–H groups in total. The first-order valence-electron chi connectivity index (χ1n) is 8.16. The molecule has 0 unspecified atom stereocenters. The molecule has 0 aliphatic heterocycles. The molecule has 0 aliphatic rings. The standard InChI is InChI=1S/C21H20O4S/c1-4-5-19-20-14-17(24-3)10-8-16(20)9-13-21(19)25-26(22,23)18-11-6-15(2)7-12-18/h4,6-14H,1,5H2,2-3H3. The molecule has 134 valence electrons. The zero-order chi connectivity index (χ0) is 18.7. The first-order chi connectivity index (χ1) is 12.4. The van der Waals surface area contributed by atoms with Crippen molar-refractivity contribution in [3.05, 3.63) is 78.4 Å². The SMILES string of the molecule is C=CCc1c(OS(=O)(=O)c2ccc(C)cc2)ccc2ccc(OC)cc12. The minimum Gasteiger partial charge on any atom is -0.497 e. The molecule has 0 heterocycles. The van der Waals surface area contributed by atoms with Crippen molar-refractivity contribution in [3.8, 4) is 11.5 Å². The van der Waals surface area contributed by atoms with Crippen molar-refractivity contribution in [1.29, 1.82) is 0 Å². The highest BCUT2D eigenvalue weighted by molar-refractivity contribution is 7.87. The van der Waals surface area contributed by atoms with Gasteiger partial charge in [-0.25, -0.2) is 0 Å². The number of benzene rings is 3. The zero-order valence-electron chi connectivity index (χ0n) is 14.7. The molecule has 5 heteroatoms. The second-order valence-electron chi connectivity index (χ2n) is 5.97. The van der Waals surface area contributed by atoms with Gasteiger partial charge in [0.15, 0.2) is 0 Å². The van der Waals surface area contributed by atoms with E-state index in [4.69, 9.17) is 8.92 Å². The van der Waals surface area contributed by atoms with Gasteiger partial charge in [0.2, 0.25) is 0 Å². The summed E-state index contributed by atoms with van der Waals surface area (Å²) in [5, 5.41) is 1.85. The number of ether oxygens (including phenoxy) is 1. The second-order valence-corrected chi connectivity index (χ2v) is 7.52. The van der Waals surface area contributed by atoms with Gasteiger partial charge in [-0.3, -0.25) is 0 Å². The van der Waals surface area contributed by atoms with Crippen LogP contribution in [0, 0.1) is 6.92 Å². The molecule has 0 amide bonds. The highest BCUT2D eigenvalue weighted by Crippen LogP contribution is 2.33. The van der Waals surface area contributed by atoms with Gasteiger partial charge in [0.05, 0.1) is 7.11 Å². The normalized spacial score (nSPS) is 11.3. The summed E-state index contributed by atoms with van der Waals surface area (Å²) in [7, 11) is -2.33. The van der Waals surface area contributed by atoms with Crippen molar-refractivity contribution in [1.82, 2.24) is 0 Å².